The number of aromatic amines is 1. The first kappa shape index (κ1) is 19.0. The normalized spacial score (nSPS) is 27.9. The van der Waals surface area contributed by atoms with Gasteiger partial charge in [-0.1, -0.05) is 6.07 Å². The molecule has 4 atom stereocenters. The van der Waals surface area contributed by atoms with Gasteiger partial charge in [-0.05, 0) is 43.9 Å². The van der Waals surface area contributed by atoms with E-state index in [0.29, 0.717) is 23.1 Å². The molecule has 0 spiro atoms. The number of aromatic nitrogens is 4. The van der Waals surface area contributed by atoms with Crippen molar-refractivity contribution in [1.82, 2.24) is 25.5 Å². The average Bonchev–Trinajstić information content (AvgIpc) is 3.40. The molecule has 2 saturated heterocycles. The van der Waals surface area contributed by atoms with Crippen LogP contribution in [0.4, 0.5) is 10.2 Å². The second-order valence-electron chi connectivity index (χ2n) is 8.59. The second-order valence-corrected chi connectivity index (χ2v) is 8.59. The first-order valence-corrected chi connectivity index (χ1v) is 10.2. The summed E-state index contributed by atoms with van der Waals surface area (Å²) >= 11 is 0. The fraction of sp³-hybridized carbons (Fsp3) is 0.409. The van der Waals surface area contributed by atoms with Gasteiger partial charge < -0.3 is 15.3 Å². The van der Waals surface area contributed by atoms with Crippen LogP contribution in [-0.4, -0.2) is 56.1 Å². The largest absolute Gasteiger partial charge is 0.507 e. The molecule has 5 rings (SSSR count). The molecule has 3 N–H and O–H groups in total. The summed E-state index contributed by atoms with van der Waals surface area (Å²) in [4.78, 5) is 10.9. The Morgan fingerprint density at radius 2 is 2.07 bits per heavy atom. The molecule has 1 aromatic carbocycles. The minimum Gasteiger partial charge on any atom is -0.507 e. The van der Waals surface area contributed by atoms with E-state index in [-0.39, 0.29) is 11.8 Å². The Kier molecular flexibility index (Phi) is 4.47. The third kappa shape index (κ3) is 3.11. The van der Waals surface area contributed by atoms with Crippen molar-refractivity contribution >= 4 is 5.82 Å². The van der Waals surface area contributed by atoms with Gasteiger partial charge in [0.2, 0.25) is 0 Å². The van der Waals surface area contributed by atoms with Crippen LogP contribution in [0.15, 0.2) is 43.0 Å². The molecular weight excluding hydrogens is 383 g/mol. The Bertz CT molecular complexity index is 1040. The zero-order valence-corrected chi connectivity index (χ0v) is 17.0. The number of halogens is 1. The molecule has 30 heavy (non-hydrogen) atoms. The molecule has 4 heterocycles. The highest BCUT2D eigenvalue weighted by Crippen LogP contribution is 2.40. The molecule has 2 bridgehead atoms. The van der Waals surface area contributed by atoms with Crippen LogP contribution in [0.5, 0.6) is 5.75 Å². The van der Waals surface area contributed by atoms with Crippen molar-refractivity contribution in [1.29, 1.82) is 0 Å². The summed E-state index contributed by atoms with van der Waals surface area (Å²) in [6.07, 6.45) is 8.41. The van der Waals surface area contributed by atoms with E-state index in [2.05, 4.69) is 25.5 Å². The minimum absolute atomic E-state index is 0.121. The van der Waals surface area contributed by atoms with E-state index in [1.54, 1.807) is 30.9 Å². The number of rotatable bonds is 4. The Morgan fingerprint density at radius 3 is 2.77 bits per heavy atom. The highest BCUT2D eigenvalue weighted by molar-refractivity contribution is 5.73. The highest BCUT2D eigenvalue weighted by atomic mass is 19.1. The number of nitrogens with one attached hydrogen (secondary N) is 2. The van der Waals surface area contributed by atoms with Gasteiger partial charge in [-0.25, -0.2) is 9.37 Å². The number of anilines is 1. The van der Waals surface area contributed by atoms with Gasteiger partial charge in [-0.2, -0.15) is 5.10 Å². The molecule has 1 unspecified atom stereocenters. The molecule has 7 nitrogen and oxygen atoms in total. The van der Waals surface area contributed by atoms with Gasteiger partial charge in [-0.15, -0.1) is 0 Å². The summed E-state index contributed by atoms with van der Waals surface area (Å²) in [7, 11) is 1.88. The smallest absolute Gasteiger partial charge is 0.147 e. The zero-order valence-electron chi connectivity index (χ0n) is 17.0. The van der Waals surface area contributed by atoms with Crippen molar-refractivity contribution in [2.45, 2.75) is 50.0 Å². The maximum atomic E-state index is 15.2. The van der Waals surface area contributed by atoms with Gasteiger partial charge >= 0.3 is 0 Å². The fourth-order valence-electron chi connectivity index (χ4n) is 4.82. The van der Waals surface area contributed by atoms with Crippen LogP contribution >= 0.6 is 0 Å². The Labute approximate surface area is 174 Å². The lowest BCUT2D eigenvalue weighted by molar-refractivity contribution is 0.111. The number of phenolic OH excluding ortho intramolecular Hbond substituents is 1. The minimum atomic E-state index is -0.970. The van der Waals surface area contributed by atoms with Crippen LogP contribution in [0, 0.1) is 0 Å². The summed E-state index contributed by atoms with van der Waals surface area (Å²) in [5.74, 6) is 0.751. The van der Waals surface area contributed by atoms with Crippen LogP contribution in [-0.2, 0) is 0 Å². The standard InChI is InChI=1S/C22H25FN6O/c1-22-6-5-15(28-22)8-18(21(22)23)29(2)20-12-24-17(11-25-20)16-4-3-13(7-19(16)30)14-9-26-27-10-14/h3-4,7,9-12,15,18,21,28,30H,5-6,8H2,1-2H3,(H,26,27)/t15?,18-,21-,22+/m0/s1. The molecule has 8 heteroatoms. The monoisotopic (exact) mass is 408 g/mol. The Hall–Kier alpha value is -3.00. The number of piperidine rings is 1. The van der Waals surface area contributed by atoms with E-state index in [9.17, 15) is 5.11 Å². The lowest BCUT2D eigenvalue weighted by Gasteiger charge is -2.44. The molecule has 0 amide bonds. The first-order valence-electron chi connectivity index (χ1n) is 10.2. The zero-order chi connectivity index (χ0) is 20.9. The highest BCUT2D eigenvalue weighted by Gasteiger charge is 2.51. The van der Waals surface area contributed by atoms with Crippen molar-refractivity contribution in [3.05, 3.63) is 43.0 Å². The van der Waals surface area contributed by atoms with Crippen LogP contribution in [0.3, 0.4) is 0 Å². The number of alkyl halides is 1. The molecule has 2 aromatic heterocycles. The average molecular weight is 408 g/mol. The van der Waals surface area contributed by atoms with Crippen molar-refractivity contribution < 1.29 is 9.50 Å². The molecule has 0 radical (unpaired) electrons. The number of phenols is 1. The number of hydrogen-bond acceptors (Lipinski definition) is 6. The molecular formula is C22H25FN6O. The molecule has 2 fully saturated rings. The third-order valence-corrected chi connectivity index (χ3v) is 6.62. The van der Waals surface area contributed by atoms with Gasteiger partial charge in [0.1, 0.15) is 17.7 Å². The predicted molar refractivity (Wildman–Crippen MR) is 113 cm³/mol. The first-order chi connectivity index (χ1) is 14.4. The van der Waals surface area contributed by atoms with Crippen LogP contribution < -0.4 is 10.2 Å². The fourth-order valence-corrected chi connectivity index (χ4v) is 4.82. The van der Waals surface area contributed by atoms with E-state index in [1.165, 1.54) is 0 Å². The number of fused-ring (bicyclic) bond motifs is 2. The lowest BCUT2D eigenvalue weighted by atomic mass is 9.86. The molecule has 3 aromatic rings. The topological polar surface area (TPSA) is 90.0 Å². The van der Waals surface area contributed by atoms with Gasteiger partial charge in [0, 0.05) is 36.0 Å². The van der Waals surface area contributed by atoms with Gasteiger partial charge in [0.25, 0.3) is 0 Å². The summed E-state index contributed by atoms with van der Waals surface area (Å²) in [5.41, 5.74) is 2.46. The maximum Gasteiger partial charge on any atom is 0.147 e. The second kappa shape index (κ2) is 7.05. The van der Waals surface area contributed by atoms with Crippen LogP contribution in [0.2, 0.25) is 0 Å². The maximum absolute atomic E-state index is 15.2. The summed E-state index contributed by atoms with van der Waals surface area (Å²) in [6, 6.07) is 5.52. The number of H-pyrrole nitrogens is 1. The number of hydrogen-bond donors (Lipinski definition) is 3. The molecule has 156 valence electrons. The van der Waals surface area contributed by atoms with E-state index >= 15 is 4.39 Å². The van der Waals surface area contributed by atoms with Gasteiger partial charge in [-0.3, -0.25) is 10.1 Å². The van der Waals surface area contributed by atoms with Crippen LogP contribution in [0.25, 0.3) is 22.4 Å². The number of nitrogens with zero attached hydrogens (tertiary/aromatic N) is 4. The number of benzene rings is 1. The number of aromatic hydroxyl groups is 1. The van der Waals surface area contributed by atoms with Crippen molar-refractivity contribution in [2.75, 3.05) is 11.9 Å². The summed E-state index contributed by atoms with van der Waals surface area (Å²) < 4.78 is 15.2. The summed E-state index contributed by atoms with van der Waals surface area (Å²) in [5, 5.41) is 20.6. The molecule has 0 saturated carbocycles. The van der Waals surface area contributed by atoms with Crippen molar-refractivity contribution in [2.24, 2.45) is 0 Å². The quantitative estimate of drug-likeness (QED) is 0.614. The van der Waals surface area contributed by atoms with Crippen molar-refractivity contribution in [3.8, 4) is 28.1 Å². The van der Waals surface area contributed by atoms with E-state index in [1.807, 2.05) is 31.0 Å². The Morgan fingerprint density at radius 1 is 1.20 bits per heavy atom. The van der Waals surface area contributed by atoms with Crippen molar-refractivity contribution in [3.63, 3.8) is 0 Å². The lowest BCUT2D eigenvalue weighted by Crippen LogP contribution is -2.62. The SMILES string of the molecule is CN(c1cnc(-c2ccc(-c3cn[nH]c3)cc2O)cn1)[C@H]1CC2CC[C@@](C)(N2)[C@H]1F. The molecule has 2 aliphatic rings. The summed E-state index contributed by atoms with van der Waals surface area (Å²) in [6.45, 7) is 1.97. The Balaban J connectivity index is 1.37. The van der Waals surface area contributed by atoms with E-state index in [0.717, 1.165) is 30.4 Å². The third-order valence-electron chi connectivity index (χ3n) is 6.62. The molecule has 0 aliphatic carbocycles. The molecule has 2 aliphatic heterocycles. The van der Waals surface area contributed by atoms with Gasteiger partial charge in [0.15, 0.2) is 0 Å². The predicted octanol–water partition coefficient (Wildman–Crippen LogP) is 3.30. The van der Waals surface area contributed by atoms with E-state index in [4.69, 9.17) is 0 Å². The van der Waals surface area contributed by atoms with Gasteiger partial charge in [0.05, 0.1) is 30.3 Å². The van der Waals surface area contributed by atoms with E-state index < -0.39 is 11.7 Å². The van der Waals surface area contributed by atoms with Crippen LogP contribution in [0.1, 0.15) is 26.2 Å².